The first kappa shape index (κ1) is 15.3. The predicted molar refractivity (Wildman–Crippen MR) is 92.3 cm³/mol. The lowest BCUT2D eigenvalue weighted by Crippen LogP contribution is -2.32. The molecular weight excluding hydrogens is 303 g/mol. The van der Waals surface area contributed by atoms with Crippen LogP contribution in [0.25, 0.3) is 10.9 Å². The lowest BCUT2D eigenvalue weighted by molar-refractivity contribution is 0.202. The van der Waals surface area contributed by atoms with Crippen molar-refractivity contribution in [3.8, 4) is 0 Å². The zero-order valence-corrected chi connectivity index (χ0v) is 13.8. The molecule has 0 aliphatic carbocycles. The Kier molecular flexibility index (Phi) is 4.02. The third-order valence-corrected chi connectivity index (χ3v) is 5.01. The highest BCUT2D eigenvalue weighted by atomic mass is 19.1. The molecule has 3 heterocycles. The van der Waals surface area contributed by atoms with Crippen molar-refractivity contribution in [3.05, 3.63) is 59.3 Å². The minimum Gasteiger partial charge on any atom is -0.297 e. The molecule has 1 aliphatic rings. The molecule has 1 aromatic carbocycles. The van der Waals surface area contributed by atoms with Crippen molar-refractivity contribution in [1.29, 1.82) is 0 Å². The maximum atomic E-state index is 13.9. The number of hydrogen-bond donors (Lipinski definition) is 1. The number of pyridine rings is 1. The normalized spacial score (nSPS) is 16.8. The maximum Gasteiger partial charge on any atom is 0.149 e. The van der Waals surface area contributed by atoms with E-state index >= 15 is 0 Å². The third-order valence-electron chi connectivity index (χ3n) is 5.01. The first-order valence-corrected chi connectivity index (χ1v) is 8.47. The lowest BCUT2D eigenvalue weighted by Gasteiger charge is -2.31. The number of nitrogens with zero attached hydrogens (tertiary/aromatic N) is 3. The van der Waals surface area contributed by atoms with E-state index in [2.05, 4.69) is 27.0 Å². The summed E-state index contributed by atoms with van der Waals surface area (Å²) >= 11 is 0. The Labute approximate surface area is 140 Å². The summed E-state index contributed by atoms with van der Waals surface area (Å²) in [5, 5.41) is 8.02. The second-order valence-electron chi connectivity index (χ2n) is 6.61. The first-order valence-electron chi connectivity index (χ1n) is 8.47. The summed E-state index contributed by atoms with van der Waals surface area (Å²) in [6.07, 6.45) is 4.22. The number of aromatic amines is 1. The second-order valence-corrected chi connectivity index (χ2v) is 6.61. The molecule has 0 amide bonds. The fraction of sp³-hybridized carbons (Fsp3) is 0.368. The molecule has 2 aromatic heterocycles. The Bertz CT molecular complexity index is 849. The summed E-state index contributed by atoms with van der Waals surface area (Å²) in [7, 11) is 0. The number of H-pyrrole nitrogens is 1. The largest absolute Gasteiger partial charge is 0.297 e. The van der Waals surface area contributed by atoms with Crippen LogP contribution in [0, 0.1) is 12.7 Å². The smallest absolute Gasteiger partial charge is 0.149 e. The van der Waals surface area contributed by atoms with Crippen molar-refractivity contribution in [3.63, 3.8) is 0 Å². The van der Waals surface area contributed by atoms with Crippen molar-refractivity contribution in [2.24, 2.45) is 0 Å². The van der Waals surface area contributed by atoms with Crippen LogP contribution in [0.5, 0.6) is 0 Å². The number of benzene rings is 1. The van der Waals surface area contributed by atoms with Crippen LogP contribution in [0.15, 0.2) is 36.5 Å². The molecular formula is C19H21FN4. The lowest BCUT2D eigenvalue weighted by atomic mass is 9.90. The average Bonchev–Trinajstić information content (AvgIpc) is 3.02. The van der Waals surface area contributed by atoms with Gasteiger partial charge in [-0.1, -0.05) is 18.2 Å². The van der Waals surface area contributed by atoms with Crippen LogP contribution in [-0.4, -0.2) is 33.2 Å². The molecule has 0 radical (unpaired) electrons. The summed E-state index contributed by atoms with van der Waals surface area (Å²) in [6.45, 7) is 4.93. The quantitative estimate of drug-likeness (QED) is 0.797. The predicted octanol–water partition coefficient (Wildman–Crippen LogP) is 3.79. The van der Waals surface area contributed by atoms with Gasteiger partial charge in [0.1, 0.15) is 11.3 Å². The van der Waals surface area contributed by atoms with Crippen LogP contribution in [0.4, 0.5) is 4.39 Å². The highest BCUT2D eigenvalue weighted by Crippen LogP contribution is 2.29. The van der Waals surface area contributed by atoms with E-state index in [9.17, 15) is 4.39 Å². The topological polar surface area (TPSA) is 44.8 Å². The van der Waals surface area contributed by atoms with E-state index in [0.717, 1.165) is 43.6 Å². The van der Waals surface area contributed by atoms with E-state index < -0.39 is 0 Å². The fourth-order valence-corrected chi connectivity index (χ4v) is 3.64. The van der Waals surface area contributed by atoms with E-state index in [1.165, 1.54) is 17.3 Å². The van der Waals surface area contributed by atoms with Crippen LogP contribution in [0.1, 0.15) is 35.7 Å². The number of para-hydroxylation sites is 1. The van der Waals surface area contributed by atoms with Crippen LogP contribution in [-0.2, 0) is 6.54 Å². The van der Waals surface area contributed by atoms with Gasteiger partial charge in [0.15, 0.2) is 0 Å². The van der Waals surface area contributed by atoms with E-state index in [1.54, 1.807) is 6.07 Å². The summed E-state index contributed by atoms with van der Waals surface area (Å²) in [4.78, 5) is 6.92. The molecule has 1 fully saturated rings. The number of rotatable bonds is 3. The van der Waals surface area contributed by atoms with Gasteiger partial charge in [-0.3, -0.25) is 10.00 Å². The van der Waals surface area contributed by atoms with Crippen LogP contribution >= 0.6 is 0 Å². The fourth-order valence-electron chi connectivity index (χ4n) is 3.64. The van der Waals surface area contributed by atoms with Gasteiger partial charge >= 0.3 is 0 Å². The number of halogens is 1. The van der Waals surface area contributed by atoms with Gasteiger partial charge in [0.25, 0.3) is 0 Å². The average molecular weight is 324 g/mol. The molecule has 1 aliphatic heterocycles. The van der Waals surface area contributed by atoms with Crippen molar-refractivity contribution >= 4 is 10.9 Å². The number of nitrogens with one attached hydrogen (secondary N) is 1. The zero-order valence-electron chi connectivity index (χ0n) is 13.8. The maximum absolute atomic E-state index is 13.9. The van der Waals surface area contributed by atoms with E-state index in [-0.39, 0.29) is 5.82 Å². The zero-order chi connectivity index (χ0) is 16.5. The molecule has 5 heteroatoms. The van der Waals surface area contributed by atoms with Gasteiger partial charge in [0, 0.05) is 17.6 Å². The molecule has 3 aromatic rings. The van der Waals surface area contributed by atoms with Crippen molar-refractivity contribution in [2.45, 2.75) is 32.2 Å². The van der Waals surface area contributed by atoms with Gasteiger partial charge in [-0.25, -0.2) is 9.37 Å². The highest BCUT2D eigenvalue weighted by molar-refractivity contribution is 5.79. The van der Waals surface area contributed by atoms with Crippen LogP contribution < -0.4 is 0 Å². The Morgan fingerprint density at radius 2 is 2.04 bits per heavy atom. The van der Waals surface area contributed by atoms with Gasteiger partial charge in [-0.15, -0.1) is 0 Å². The molecule has 124 valence electrons. The Hall–Kier alpha value is -2.27. The van der Waals surface area contributed by atoms with Gasteiger partial charge < -0.3 is 0 Å². The Balaban J connectivity index is 1.44. The number of aromatic nitrogens is 3. The molecule has 0 unspecified atom stereocenters. The van der Waals surface area contributed by atoms with Gasteiger partial charge in [-0.05, 0) is 56.5 Å². The number of piperidine rings is 1. The number of hydrogen-bond acceptors (Lipinski definition) is 3. The Morgan fingerprint density at radius 3 is 2.79 bits per heavy atom. The molecule has 0 spiro atoms. The minimum atomic E-state index is -0.247. The highest BCUT2D eigenvalue weighted by Gasteiger charge is 2.23. The molecule has 0 atom stereocenters. The molecule has 4 rings (SSSR count). The van der Waals surface area contributed by atoms with Gasteiger partial charge in [-0.2, -0.15) is 5.10 Å². The Morgan fingerprint density at radius 1 is 1.21 bits per heavy atom. The summed E-state index contributed by atoms with van der Waals surface area (Å²) in [5.74, 6) is 0.338. The first-order chi connectivity index (χ1) is 11.7. The van der Waals surface area contributed by atoms with Crippen LogP contribution in [0.3, 0.4) is 0 Å². The van der Waals surface area contributed by atoms with Gasteiger partial charge in [0.05, 0.1) is 11.9 Å². The summed E-state index contributed by atoms with van der Waals surface area (Å²) in [6, 6.07) is 9.06. The van der Waals surface area contributed by atoms with Crippen molar-refractivity contribution in [1.82, 2.24) is 20.1 Å². The molecule has 1 saturated heterocycles. The van der Waals surface area contributed by atoms with Crippen LogP contribution in [0.2, 0.25) is 0 Å². The molecule has 0 saturated carbocycles. The third kappa shape index (κ3) is 2.91. The van der Waals surface area contributed by atoms with Gasteiger partial charge in [0.2, 0.25) is 0 Å². The SMILES string of the molecule is Cc1[nH]ncc1C1CCN(Cc2ccc3cccc(F)c3n2)CC1. The number of aryl methyl sites for hydroxylation is 1. The number of likely N-dealkylation sites (tertiary alicyclic amines) is 1. The summed E-state index contributed by atoms with van der Waals surface area (Å²) < 4.78 is 13.9. The molecule has 4 nitrogen and oxygen atoms in total. The molecule has 24 heavy (non-hydrogen) atoms. The minimum absolute atomic E-state index is 0.247. The number of fused-ring (bicyclic) bond motifs is 1. The van der Waals surface area contributed by atoms with Crippen molar-refractivity contribution in [2.75, 3.05) is 13.1 Å². The molecule has 1 N–H and O–H groups in total. The van der Waals surface area contributed by atoms with E-state index in [4.69, 9.17) is 0 Å². The second kappa shape index (κ2) is 6.32. The molecule has 0 bridgehead atoms. The van der Waals surface area contributed by atoms with E-state index in [1.807, 2.05) is 24.4 Å². The van der Waals surface area contributed by atoms with Crippen molar-refractivity contribution < 1.29 is 4.39 Å². The summed E-state index contributed by atoms with van der Waals surface area (Å²) in [5.41, 5.74) is 3.94. The standard InChI is InChI=1S/C19H21FN4/c1-13-17(11-21-23-13)14-7-9-24(10-8-14)12-16-6-5-15-3-2-4-18(20)19(15)22-16/h2-6,11,14H,7-10,12H2,1H3,(H,21,23). The monoisotopic (exact) mass is 324 g/mol. The van der Waals surface area contributed by atoms with E-state index in [0.29, 0.717) is 11.4 Å².